The smallest absolute Gasteiger partial charge is 0.305 e. The Morgan fingerprint density at radius 3 is 2.48 bits per heavy atom. The van der Waals surface area contributed by atoms with Gasteiger partial charge in [0.1, 0.15) is 0 Å². The van der Waals surface area contributed by atoms with Crippen LogP contribution >= 0.6 is 34.2 Å². The fourth-order valence-corrected chi connectivity index (χ4v) is 2.55. The van der Waals surface area contributed by atoms with Gasteiger partial charge in [0.25, 0.3) is 5.91 Å². The molecular formula is C15H19ClINO3. The van der Waals surface area contributed by atoms with Crippen LogP contribution in [0.3, 0.4) is 0 Å². The van der Waals surface area contributed by atoms with Crippen molar-refractivity contribution in [1.82, 2.24) is 5.32 Å². The topological polar surface area (TPSA) is 66.4 Å². The van der Waals surface area contributed by atoms with Gasteiger partial charge >= 0.3 is 5.97 Å². The molecule has 0 radical (unpaired) electrons. The van der Waals surface area contributed by atoms with E-state index < -0.39 is 12.0 Å². The molecular weight excluding hydrogens is 405 g/mol. The highest BCUT2D eigenvalue weighted by Gasteiger charge is 2.23. The highest BCUT2D eigenvalue weighted by Crippen LogP contribution is 2.23. The van der Waals surface area contributed by atoms with Crippen LogP contribution in [0.15, 0.2) is 18.2 Å². The quantitative estimate of drug-likeness (QED) is 0.705. The Morgan fingerprint density at radius 1 is 1.38 bits per heavy atom. The highest BCUT2D eigenvalue weighted by molar-refractivity contribution is 14.1. The van der Waals surface area contributed by atoms with Crippen molar-refractivity contribution in [2.75, 3.05) is 0 Å². The molecule has 0 aliphatic rings. The first-order chi connectivity index (χ1) is 9.58. The molecule has 0 saturated carbocycles. The first-order valence-electron chi connectivity index (χ1n) is 6.56. The minimum Gasteiger partial charge on any atom is -0.481 e. The summed E-state index contributed by atoms with van der Waals surface area (Å²) in [5.41, 5.74) is 0.363. The number of carbonyl (C=O) groups is 2. The van der Waals surface area contributed by atoms with E-state index in [1.165, 1.54) is 0 Å². The van der Waals surface area contributed by atoms with Crippen LogP contribution in [0.4, 0.5) is 0 Å². The Bertz CT molecular complexity index is 540. The number of benzene rings is 1. The van der Waals surface area contributed by atoms with Gasteiger partial charge in [0.15, 0.2) is 0 Å². The number of carbonyl (C=O) groups excluding carboxylic acids is 1. The number of hydrogen-bond donors (Lipinski definition) is 2. The second kappa shape index (κ2) is 7.45. The fourth-order valence-electron chi connectivity index (χ4n) is 2.03. The Morgan fingerprint density at radius 2 is 2.00 bits per heavy atom. The molecule has 0 aromatic heterocycles. The molecule has 1 amide bonds. The minimum absolute atomic E-state index is 0.0723. The molecule has 1 unspecified atom stereocenters. The number of rotatable bonds is 5. The molecule has 1 aromatic rings. The molecule has 6 heteroatoms. The van der Waals surface area contributed by atoms with Gasteiger partial charge in [-0.2, -0.15) is 0 Å². The summed E-state index contributed by atoms with van der Waals surface area (Å²) in [4.78, 5) is 23.2. The third-order valence-corrected chi connectivity index (χ3v) is 4.37. The average molecular weight is 424 g/mol. The van der Waals surface area contributed by atoms with Crippen LogP contribution < -0.4 is 5.32 Å². The maximum atomic E-state index is 12.2. The number of carboxylic acid groups (broad SMARTS) is 1. The fraction of sp³-hybridized carbons (Fsp3) is 0.467. The number of aliphatic carboxylic acids is 1. The van der Waals surface area contributed by atoms with E-state index in [2.05, 4.69) is 27.9 Å². The van der Waals surface area contributed by atoms with Crippen LogP contribution in [-0.2, 0) is 4.79 Å². The standard InChI is InChI=1S/C15H19ClINO3/c1-15(2,3)8-10(7-13(19)20)18-14(21)9-4-5-12(17)11(16)6-9/h4-6,10H,7-8H2,1-3H3,(H,18,21)(H,19,20). The second-order valence-corrected chi connectivity index (χ2v) is 7.73. The SMILES string of the molecule is CC(C)(C)CC(CC(=O)O)NC(=O)c1ccc(I)c(Cl)c1. The van der Waals surface area contributed by atoms with Crippen LogP contribution in [0, 0.1) is 8.99 Å². The molecule has 1 atom stereocenters. The predicted octanol–water partition coefficient (Wildman–Crippen LogP) is 3.95. The van der Waals surface area contributed by atoms with Crippen molar-refractivity contribution in [2.24, 2.45) is 5.41 Å². The van der Waals surface area contributed by atoms with Gasteiger partial charge < -0.3 is 10.4 Å². The summed E-state index contributed by atoms with van der Waals surface area (Å²) in [6.07, 6.45) is 0.490. The van der Waals surface area contributed by atoms with E-state index in [-0.39, 0.29) is 17.7 Å². The Balaban J connectivity index is 2.83. The van der Waals surface area contributed by atoms with Crippen molar-refractivity contribution >= 4 is 46.1 Å². The van der Waals surface area contributed by atoms with Gasteiger partial charge in [0.05, 0.1) is 11.4 Å². The summed E-state index contributed by atoms with van der Waals surface area (Å²) >= 11 is 8.09. The van der Waals surface area contributed by atoms with Gasteiger partial charge in [-0.3, -0.25) is 9.59 Å². The summed E-state index contributed by atoms with van der Waals surface area (Å²) in [6, 6.07) is 4.62. The highest BCUT2D eigenvalue weighted by atomic mass is 127. The molecule has 0 bridgehead atoms. The van der Waals surface area contributed by atoms with Crippen molar-refractivity contribution in [3.8, 4) is 0 Å². The zero-order valence-electron chi connectivity index (χ0n) is 12.2. The molecule has 1 rings (SSSR count). The van der Waals surface area contributed by atoms with Crippen molar-refractivity contribution in [2.45, 2.75) is 39.7 Å². The second-order valence-electron chi connectivity index (χ2n) is 6.16. The number of carboxylic acids is 1. The summed E-state index contributed by atoms with van der Waals surface area (Å²) in [5.74, 6) is -1.23. The lowest BCUT2D eigenvalue weighted by molar-refractivity contribution is -0.137. The van der Waals surface area contributed by atoms with E-state index >= 15 is 0 Å². The minimum atomic E-state index is -0.926. The molecule has 0 saturated heterocycles. The van der Waals surface area contributed by atoms with Gasteiger partial charge in [-0.15, -0.1) is 0 Å². The zero-order valence-corrected chi connectivity index (χ0v) is 15.2. The average Bonchev–Trinajstić information content (AvgIpc) is 2.29. The van der Waals surface area contributed by atoms with Gasteiger partial charge in [0.2, 0.25) is 0 Å². The number of amides is 1. The lowest BCUT2D eigenvalue weighted by Crippen LogP contribution is -2.39. The van der Waals surface area contributed by atoms with E-state index in [0.717, 1.165) is 3.57 Å². The summed E-state index contributed by atoms with van der Waals surface area (Å²) in [7, 11) is 0. The lowest BCUT2D eigenvalue weighted by atomic mass is 9.87. The molecule has 21 heavy (non-hydrogen) atoms. The van der Waals surface area contributed by atoms with E-state index in [1.54, 1.807) is 18.2 Å². The van der Waals surface area contributed by atoms with Crippen LogP contribution in [0.25, 0.3) is 0 Å². The molecule has 0 aliphatic carbocycles. The summed E-state index contributed by atoms with van der Waals surface area (Å²) < 4.78 is 0.864. The molecule has 2 N–H and O–H groups in total. The Kier molecular flexibility index (Phi) is 6.46. The van der Waals surface area contributed by atoms with E-state index in [1.807, 2.05) is 20.8 Å². The van der Waals surface area contributed by atoms with Gasteiger partial charge in [0, 0.05) is 15.2 Å². The zero-order chi connectivity index (χ0) is 16.2. The third kappa shape index (κ3) is 6.65. The van der Waals surface area contributed by atoms with Crippen LogP contribution in [0.5, 0.6) is 0 Å². The van der Waals surface area contributed by atoms with Gasteiger partial charge in [-0.1, -0.05) is 32.4 Å². The maximum absolute atomic E-state index is 12.2. The lowest BCUT2D eigenvalue weighted by Gasteiger charge is -2.25. The molecule has 0 heterocycles. The number of halogens is 2. The maximum Gasteiger partial charge on any atom is 0.305 e. The normalized spacial score (nSPS) is 12.8. The van der Waals surface area contributed by atoms with Crippen molar-refractivity contribution < 1.29 is 14.7 Å². The van der Waals surface area contributed by atoms with Crippen LogP contribution in [0.1, 0.15) is 44.0 Å². The molecule has 0 fully saturated rings. The van der Waals surface area contributed by atoms with Gasteiger partial charge in [-0.25, -0.2) is 0 Å². The largest absolute Gasteiger partial charge is 0.481 e. The molecule has 116 valence electrons. The van der Waals surface area contributed by atoms with Crippen molar-refractivity contribution in [1.29, 1.82) is 0 Å². The van der Waals surface area contributed by atoms with Crippen LogP contribution in [-0.4, -0.2) is 23.0 Å². The molecule has 0 spiro atoms. The van der Waals surface area contributed by atoms with Crippen molar-refractivity contribution in [3.63, 3.8) is 0 Å². The summed E-state index contributed by atoms with van der Waals surface area (Å²) in [6.45, 7) is 6.03. The first kappa shape index (κ1) is 18.2. The Hall–Kier alpha value is -0.820. The van der Waals surface area contributed by atoms with E-state index in [9.17, 15) is 9.59 Å². The van der Waals surface area contributed by atoms with Crippen molar-refractivity contribution in [3.05, 3.63) is 32.4 Å². The molecule has 0 aliphatic heterocycles. The summed E-state index contributed by atoms with van der Waals surface area (Å²) in [5, 5.41) is 12.3. The van der Waals surface area contributed by atoms with E-state index in [4.69, 9.17) is 16.7 Å². The first-order valence-corrected chi connectivity index (χ1v) is 8.02. The van der Waals surface area contributed by atoms with Crippen LogP contribution in [0.2, 0.25) is 5.02 Å². The van der Waals surface area contributed by atoms with Gasteiger partial charge in [-0.05, 0) is 52.6 Å². The monoisotopic (exact) mass is 423 g/mol. The van der Waals surface area contributed by atoms with E-state index in [0.29, 0.717) is 17.0 Å². The molecule has 1 aromatic carbocycles. The third-order valence-electron chi connectivity index (χ3n) is 2.80. The number of hydrogen-bond acceptors (Lipinski definition) is 2. The number of nitrogens with one attached hydrogen (secondary N) is 1. The Labute approximate surface area is 143 Å². The predicted molar refractivity (Wildman–Crippen MR) is 91.7 cm³/mol. The molecule has 4 nitrogen and oxygen atoms in total.